The van der Waals surface area contributed by atoms with Gasteiger partial charge >= 0.3 is 0 Å². The highest BCUT2D eigenvalue weighted by Crippen LogP contribution is 2.26. The van der Waals surface area contributed by atoms with Crippen LogP contribution in [0.3, 0.4) is 0 Å². The molecule has 3 nitrogen and oxygen atoms in total. The molecule has 0 bridgehead atoms. The highest BCUT2D eigenvalue weighted by molar-refractivity contribution is 5.14. The van der Waals surface area contributed by atoms with Gasteiger partial charge in [-0.25, -0.2) is 0 Å². The number of nitrogens with one attached hydrogen (secondary N) is 1. The van der Waals surface area contributed by atoms with Crippen molar-refractivity contribution in [3.63, 3.8) is 0 Å². The summed E-state index contributed by atoms with van der Waals surface area (Å²) in [6.07, 6.45) is 0. The summed E-state index contributed by atoms with van der Waals surface area (Å²) >= 11 is 0. The van der Waals surface area contributed by atoms with Crippen LogP contribution in [0.1, 0.15) is 13.8 Å². The van der Waals surface area contributed by atoms with Crippen LogP contribution in [0.2, 0.25) is 0 Å². The lowest BCUT2D eigenvalue weighted by Crippen LogP contribution is -2.72. The molecule has 64 valence electrons. The second-order valence-corrected chi connectivity index (χ2v) is 4.19. The second-order valence-electron chi connectivity index (χ2n) is 4.19. The molecule has 0 spiro atoms. The van der Waals surface area contributed by atoms with Crippen molar-refractivity contribution >= 4 is 0 Å². The Kier molecular flexibility index (Phi) is 1.50. The average Bonchev–Trinajstić information content (AvgIpc) is 2.13. The Morgan fingerprint density at radius 3 is 2.64 bits per heavy atom. The molecule has 3 N–H and O–H groups in total. The molecular formula is C8H17N3. The van der Waals surface area contributed by atoms with Crippen LogP contribution in [0, 0.1) is 0 Å². The molecule has 0 aliphatic carbocycles. The first kappa shape index (κ1) is 7.53. The van der Waals surface area contributed by atoms with E-state index >= 15 is 0 Å². The minimum absolute atomic E-state index is 0.101. The van der Waals surface area contributed by atoms with Crippen molar-refractivity contribution in [3.05, 3.63) is 0 Å². The van der Waals surface area contributed by atoms with Gasteiger partial charge in [0.05, 0.1) is 5.54 Å². The van der Waals surface area contributed by atoms with Crippen LogP contribution in [0.15, 0.2) is 0 Å². The van der Waals surface area contributed by atoms with Gasteiger partial charge < -0.3 is 11.1 Å². The van der Waals surface area contributed by atoms with Crippen LogP contribution in [-0.4, -0.2) is 42.2 Å². The maximum atomic E-state index is 6.13. The van der Waals surface area contributed by atoms with E-state index in [4.69, 9.17) is 5.73 Å². The monoisotopic (exact) mass is 155 g/mol. The van der Waals surface area contributed by atoms with Gasteiger partial charge in [-0.05, 0) is 13.8 Å². The fourth-order valence-electron chi connectivity index (χ4n) is 1.99. The molecule has 2 rings (SSSR count). The number of nitrogens with zero attached hydrogens (tertiary/aromatic N) is 1. The van der Waals surface area contributed by atoms with Gasteiger partial charge in [0, 0.05) is 31.7 Å². The van der Waals surface area contributed by atoms with Crippen LogP contribution < -0.4 is 11.1 Å². The first-order valence-corrected chi connectivity index (χ1v) is 4.38. The SMILES string of the molecule is CC(C)N1CC2NCC2(N)C1. The number of likely N-dealkylation sites (tertiary alicyclic amines) is 1. The Labute approximate surface area is 67.9 Å². The van der Waals surface area contributed by atoms with Gasteiger partial charge in [-0.15, -0.1) is 0 Å². The topological polar surface area (TPSA) is 41.3 Å². The lowest BCUT2D eigenvalue weighted by Gasteiger charge is -2.41. The highest BCUT2D eigenvalue weighted by Gasteiger charge is 2.50. The van der Waals surface area contributed by atoms with E-state index < -0.39 is 0 Å². The molecule has 2 heterocycles. The maximum absolute atomic E-state index is 6.13. The molecule has 2 atom stereocenters. The molecule has 0 aromatic heterocycles. The van der Waals surface area contributed by atoms with Gasteiger partial charge in [0.2, 0.25) is 0 Å². The van der Waals surface area contributed by atoms with Crippen LogP contribution in [0.5, 0.6) is 0 Å². The molecule has 2 fully saturated rings. The predicted octanol–water partition coefficient (Wildman–Crippen LogP) is -0.620. The second kappa shape index (κ2) is 2.19. The van der Waals surface area contributed by atoms with Crippen molar-refractivity contribution < 1.29 is 0 Å². The molecule has 0 aromatic rings. The molecule has 0 aromatic carbocycles. The van der Waals surface area contributed by atoms with E-state index in [0.29, 0.717) is 12.1 Å². The highest BCUT2D eigenvalue weighted by atomic mass is 15.3. The Hall–Kier alpha value is -0.120. The fraction of sp³-hybridized carbons (Fsp3) is 1.00. The minimum atomic E-state index is 0.101. The zero-order valence-corrected chi connectivity index (χ0v) is 7.30. The molecule has 2 saturated heterocycles. The summed E-state index contributed by atoms with van der Waals surface area (Å²) in [4.78, 5) is 2.45. The van der Waals surface area contributed by atoms with Crippen LogP contribution in [-0.2, 0) is 0 Å². The maximum Gasteiger partial charge on any atom is 0.0577 e. The van der Waals surface area contributed by atoms with Crippen molar-refractivity contribution in [3.8, 4) is 0 Å². The van der Waals surface area contributed by atoms with Gasteiger partial charge in [-0.3, -0.25) is 4.90 Å². The molecule has 11 heavy (non-hydrogen) atoms. The number of fused-ring (bicyclic) bond motifs is 1. The standard InChI is InChI=1S/C8H17N3/c1-6(2)11-3-7-8(9,5-11)4-10-7/h6-7,10H,3-5,9H2,1-2H3. The summed E-state index contributed by atoms with van der Waals surface area (Å²) < 4.78 is 0. The number of hydrogen-bond donors (Lipinski definition) is 2. The fourth-order valence-corrected chi connectivity index (χ4v) is 1.99. The first-order valence-electron chi connectivity index (χ1n) is 4.38. The summed E-state index contributed by atoms with van der Waals surface area (Å²) in [5, 5.41) is 3.37. The van der Waals surface area contributed by atoms with Crippen LogP contribution in [0.25, 0.3) is 0 Å². The third kappa shape index (κ3) is 0.991. The van der Waals surface area contributed by atoms with Crippen molar-refractivity contribution in [1.82, 2.24) is 10.2 Å². The van der Waals surface area contributed by atoms with Gasteiger partial charge in [0.15, 0.2) is 0 Å². The van der Waals surface area contributed by atoms with E-state index in [1.54, 1.807) is 0 Å². The number of hydrogen-bond acceptors (Lipinski definition) is 3. The number of rotatable bonds is 1. The third-order valence-electron chi connectivity index (χ3n) is 3.02. The summed E-state index contributed by atoms with van der Waals surface area (Å²) in [5.41, 5.74) is 6.23. The van der Waals surface area contributed by atoms with Gasteiger partial charge in [0.25, 0.3) is 0 Å². The lowest BCUT2D eigenvalue weighted by atomic mass is 9.87. The third-order valence-corrected chi connectivity index (χ3v) is 3.02. The number of nitrogens with two attached hydrogens (primary N) is 1. The van der Waals surface area contributed by atoms with Crippen molar-refractivity contribution in [2.24, 2.45) is 5.73 Å². The molecule has 2 unspecified atom stereocenters. The van der Waals surface area contributed by atoms with Gasteiger partial charge in [0.1, 0.15) is 0 Å². The summed E-state index contributed by atoms with van der Waals surface area (Å²) in [7, 11) is 0. The molecule has 2 aliphatic heterocycles. The largest absolute Gasteiger partial charge is 0.322 e. The smallest absolute Gasteiger partial charge is 0.0577 e. The average molecular weight is 155 g/mol. The summed E-state index contributed by atoms with van der Waals surface area (Å²) in [6, 6.07) is 1.20. The Morgan fingerprint density at radius 1 is 1.64 bits per heavy atom. The van der Waals surface area contributed by atoms with E-state index in [1.165, 1.54) is 0 Å². The molecule has 0 amide bonds. The molecular weight excluding hydrogens is 138 g/mol. The Balaban J connectivity index is 2.02. The summed E-state index contributed by atoms with van der Waals surface area (Å²) in [5.74, 6) is 0. The molecule has 2 aliphatic rings. The van der Waals surface area contributed by atoms with Crippen molar-refractivity contribution in [2.45, 2.75) is 31.5 Å². The van der Waals surface area contributed by atoms with E-state index in [0.717, 1.165) is 19.6 Å². The minimum Gasteiger partial charge on any atom is -0.322 e. The van der Waals surface area contributed by atoms with E-state index in [1.807, 2.05) is 0 Å². The van der Waals surface area contributed by atoms with Gasteiger partial charge in [-0.2, -0.15) is 0 Å². The van der Waals surface area contributed by atoms with E-state index in [-0.39, 0.29) is 5.54 Å². The zero-order chi connectivity index (χ0) is 8.06. The molecule has 0 saturated carbocycles. The van der Waals surface area contributed by atoms with Gasteiger partial charge in [-0.1, -0.05) is 0 Å². The van der Waals surface area contributed by atoms with E-state index in [9.17, 15) is 0 Å². The quantitative estimate of drug-likeness (QED) is 0.530. The first-order chi connectivity index (χ1) is 5.12. The normalized spacial score (nSPS) is 44.2. The van der Waals surface area contributed by atoms with Crippen molar-refractivity contribution in [2.75, 3.05) is 19.6 Å². The molecule has 0 radical (unpaired) electrons. The predicted molar refractivity (Wildman–Crippen MR) is 45.4 cm³/mol. The zero-order valence-electron chi connectivity index (χ0n) is 7.30. The van der Waals surface area contributed by atoms with Crippen molar-refractivity contribution in [1.29, 1.82) is 0 Å². The molecule has 3 heteroatoms. The lowest BCUT2D eigenvalue weighted by molar-refractivity contribution is 0.231. The summed E-state index contributed by atoms with van der Waals surface area (Å²) in [6.45, 7) is 7.67. The van der Waals surface area contributed by atoms with Crippen LogP contribution in [0.4, 0.5) is 0 Å². The van der Waals surface area contributed by atoms with E-state index in [2.05, 4.69) is 24.1 Å². The van der Waals surface area contributed by atoms with Crippen LogP contribution >= 0.6 is 0 Å². The Morgan fingerprint density at radius 2 is 2.36 bits per heavy atom. The Bertz CT molecular complexity index is 169.